The highest BCUT2D eigenvalue weighted by atomic mass is 35.5. The van der Waals surface area contributed by atoms with Crippen LogP contribution in [0, 0.1) is 0 Å². The van der Waals surface area contributed by atoms with Crippen LogP contribution in [-0.4, -0.2) is 28.3 Å². The van der Waals surface area contributed by atoms with Crippen molar-refractivity contribution in [3.05, 3.63) is 284 Å². The summed E-state index contributed by atoms with van der Waals surface area (Å²) in [5.41, 5.74) is 12.4. The van der Waals surface area contributed by atoms with Gasteiger partial charge in [-0.3, -0.25) is 0 Å². The smallest absolute Gasteiger partial charge is 0.438 e. The maximum Gasteiger partial charge on any atom is 0.496 e. The molecule has 18 aromatic rings. The molecule has 0 unspecified atom stereocenters. The molecule has 0 atom stereocenters. The average molecular weight is 1210 g/mol. The van der Waals surface area contributed by atoms with Gasteiger partial charge in [-0.1, -0.05) is 254 Å². The molecule has 0 amide bonds. The van der Waals surface area contributed by atoms with E-state index in [0.717, 1.165) is 60.0 Å². The van der Waals surface area contributed by atoms with Gasteiger partial charge in [0.25, 0.3) is 0 Å². The van der Waals surface area contributed by atoms with Gasteiger partial charge >= 0.3 is 7.12 Å². The van der Waals surface area contributed by atoms with Crippen molar-refractivity contribution in [3.63, 3.8) is 0 Å². The average Bonchev–Trinajstić information content (AvgIpc) is 1.16. The first-order valence-electron chi connectivity index (χ1n) is 31.3. The zero-order valence-corrected chi connectivity index (χ0v) is 51.8. The Morgan fingerprint density at radius 3 is 1.12 bits per heavy atom. The molecule has 8 heteroatoms. The summed E-state index contributed by atoms with van der Waals surface area (Å²) in [7, 11) is -0.421. The van der Waals surface area contributed by atoms with Crippen LogP contribution < -0.4 is 5.46 Å². The molecular formula is C84H58BClN2O4. The molecule has 19 rings (SSSR count). The number of aromatic nitrogens is 2. The highest BCUT2D eigenvalue weighted by Crippen LogP contribution is 2.50. The van der Waals surface area contributed by atoms with E-state index in [1.165, 1.54) is 98.0 Å². The SMILES string of the molecule is CC1(C)OB(c2c3ccccc3c(-c3ccc4ccccc4c3)c3ccccc23)OC1(C)C.Clc1c2ccccc2nc2oc3ccccc3c12.c1ccc2cc(-c3c4ccccc4c(-c4c5ccccc5nc5oc6ccccc6c45)c4ccccc34)ccc2c1. The molecule has 0 spiro atoms. The van der Waals surface area contributed by atoms with Crippen molar-refractivity contribution in [1.82, 2.24) is 9.97 Å². The minimum absolute atomic E-state index is 0.392. The van der Waals surface area contributed by atoms with Crippen LogP contribution in [0.2, 0.25) is 5.02 Å². The van der Waals surface area contributed by atoms with E-state index < -0.39 is 18.3 Å². The van der Waals surface area contributed by atoms with Crippen LogP contribution >= 0.6 is 11.6 Å². The van der Waals surface area contributed by atoms with Gasteiger partial charge in [0.1, 0.15) is 11.2 Å². The lowest BCUT2D eigenvalue weighted by molar-refractivity contribution is 0.00578. The molecule has 0 saturated carbocycles. The van der Waals surface area contributed by atoms with Crippen LogP contribution in [-0.2, 0) is 9.31 Å². The fraction of sp³-hybridized carbons (Fsp3) is 0.0714. The summed E-state index contributed by atoms with van der Waals surface area (Å²) in [6.45, 7) is 8.45. The molecule has 6 nitrogen and oxygen atoms in total. The lowest BCUT2D eigenvalue weighted by Gasteiger charge is -2.32. The summed E-state index contributed by atoms with van der Waals surface area (Å²) in [4.78, 5) is 9.51. The topological polar surface area (TPSA) is 70.5 Å². The monoisotopic (exact) mass is 1200 g/mol. The third kappa shape index (κ3) is 9.02. The van der Waals surface area contributed by atoms with E-state index in [2.05, 4.69) is 245 Å². The maximum atomic E-state index is 6.55. The number of nitrogens with zero attached hydrogens (tertiary/aromatic N) is 2. The zero-order valence-electron chi connectivity index (χ0n) is 51.0. The number of fused-ring (bicyclic) bond motifs is 14. The molecule has 5 heterocycles. The first-order valence-corrected chi connectivity index (χ1v) is 31.7. The molecule has 14 aromatic carbocycles. The largest absolute Gasteiger partial charge is 0.496 e. The van der Waals surface area contributed by atoms with Crippen LogP contribution in [0.15, 0.2) is 288 Å². The van der Waals surface area contributed by atoms with Gasteiger partial charge in [-0.15, -0.1) is 0 Å². The van der Waals surface area contributed by atoms with E-state index in [1.54, 1.807) is 0 Å². The van der Waals surface area contributed by atoms with Gasteiger partial charge < -0.3 is 18.1 Å². The molecule has 0 aliphatic carbocycles. The van der Waals surface area contributed by atoms with Crippen LogP contribution in [0.25, 0.3) is 164 Å². The molecule has 0 N–H and O–H groups in total. The standard InChI is InChI=1S/C39H23NO.C30H27BO2.C15H8ClNO/c1-2-12-25-23-26(22-21-24(25)11-1)35-27-13-3-5-15-29(27)36(30-16-6-4-14-28(30)35)37-31-17-7-9-19-33(31)40-39-38(37)32-18-8-10-20-34(32)41-39;1-29(2)30(3,4)33-31(32-29)28-25-15-9-7-13-23(25)27(24-14-8-10-16-26(24)28)22-18-17-20-11-5-6-12-21(20)19-22;16-14-9-5-1-3-7-11(9)17-15-13(14)10-6-2-4-8-12(10)18-15/h1-23H;5-19H,1-4H3;1-8H. The molecule has 4 aromatic heterocycles. The Balaban J connectivity index is 0.000000113. The van der Waals surface area contributed by atoms with E-state index in [9.17, 15) is 0 Å². The second-order valence-corrected chi connectivity index (χ2v) is 25.3. The molecule has 0 bridgehead atoms. The maximum absolute atomic E-state index is 6.55. The lowest BCUT2D eigenvalue weighted by Crippen LogP contribution is -2.41. The summed E-state index contributed by atoms with van der Waals surface area (Å²) in [5, 5.41) is 21.5. The summed E-state index contributed by atoms with van der Waals surface area (Å²) in [6.07, 6.45) is 0. The van der Waals surface area contributed by atoms with Gasteiger partial charge in [-0.05, 0) is 162 Å². The highest BCUT2D eigenvalue weighted by Gasteiger charge is 2.52. The van der Waals surface area contributed by atoms with Gasteiger partial charge in [0.15, 0.2) is 0 Å². The van der Waals surface area contributed by atoms with Gasteiger partial charge in [-0.25, -0.2) is 9.97 Å². The summed E-state index contributed by atoms with van der Waals surface area (Å²) in [6, 6.07) is 98.1. The molecular weight excluding hydrogens is 1150 g/mol. The first-order chi connectivity index (χ1) is 45.0. The van der Waals surface area contributed by atoms with Crippen molar-refractivity contribution in [2.45, 2.75) is 38.9 Å². The summed E-state index contributed by atoms with van der Waals surface area (Å²) < 4.78 is 25.2. The first kappa shape index (κ1) is 55.4. The predicted molar refractivity (Wildman–Crippen MR) is 387 cm³/mol. The van der Waals surface area contributed by atoms with Crippen molar-refractivity contribution in [3.8, 4) is 33.4 Å². The Kier molecular flexibility index (Phi) is 13.1. The van der Waals surface area contributed by atoms with Gasteiger partial charge in [-0.2, -0.15) is 0 Å². The molecule has 438 valence electrons. The van der Waals surface area contributed by atoms with Gasteiger partial charge in [0, 0.05) is 27.1 Å². The normalized spacial score (nSPS) is 13.8. The molecule has 1 fully saturated rings. The van der Waals surface area contributed by atoms with Crippen molar-refractivity contribution in [2.24, 2.45) is 0 Å². The summed E-state index contributed by atoms with van der Waals surface area (Å²) >= 11 is 6.49. The van der Waals surface area contributed by atoms with Crippen LogP contribution in [0.3, 0.4) is 0 Å². The summed E-state index contributed by atoms with van der Waals surface area (Å²) in [5.74, 6) is 0. The van der Waals surface area contributed by atoms with Crippen LogP contribution in [0.4, 0.5) is 0 Å². The van der Waals surface area contributed by atoms with E-state index >= 15 is 0 Å². The fourth-order valence-electron chi connectivity index (χ4n) is 14.0. The minimum Gasteiger partial charge on any atom is -0.438 e. The second-order valence-electron chi connectivity index (χ2n) is 24.9. The molecule has 1 aliphatic rings. The van der Waals surface area contributed by atoms with Gasteiger partial charge in [0.05, 0.1) is 38.0 Å². The fourth-order valence-corrected chi connectivity index (χ4v) is 14.4. The number of halogens is 1. The second kappa shape index (κ2) is 21.8. The number of hydrogen-bond donors (Lipinski definition) is 0. The van der Waals surface area contributed by atoms with Crippen molar-refractivity contribution >= 4 is 155 Å². The minimum atomic E-state index is -0.421. The van der Waals surface area contributed by atoms with Crippen molar-refractivity contribution < 1.29 is 18.1 Å². The van der Waals surface area contributed by atoms with Crippen LogP contribution in [0.1, 0.15) is 27.7 Å². The molecule has 0 radical (unpaired) electrons. The molecule has 92 heavy (non-hydrogen) atoms. The Morgan fingerprint density at radius 1 is 0.304 bits per heavy atom. The Hall–Kier alpha value is -10.7. The predicted octanol–water partition coefficient (Wildman–Crippen LogP) is 22.8. The van der Waals surface area contributed by atoms with E-state index in [4.69, 9.17) is 34.7 Å². The van der Waals surface area contributed by atoms with Gasteiger partial charge in [0.2, 0.25) is 11.4 Å². The number of furan rings is 2. The van der Waals surface area contributed by atoms with Crippen LogP contribution in [0.5, 0.6) is 0 Å². The number of hydrogen-bond acceptors (Lipinski definition) is 6. The van der Waals surface area contributed by atoms with Crippen molar-refractivity contribution in [1.29, 1.82) is 0 Å². The quantitative estimate of drug-likeness (QED) is 0.129. The third-order valence-corrected chi connectivity index (χ3v) is 19.5. The van der Waals surface area contributed by atoms with E-state index in [-0.39, 0.29) is 0 Å². The Labute approximate surface area is 536 Å². The number of rotatable bonds is 4. The third-order valence-electron chi connectivity index (χ3n) is 19.1. The van der Waals surface area contributed by atoms with Crippen molar-refractivity contribution in [2.75, 3.05) is 0 Å². The lowest BCUT2D eigenvalue weighted by atomic mass is 9.71. The molecule has 1 saturated heterocycles. The Bertz CT molecular complexity index is 5900. The number of pyridine rings is 2. The number of para-hydroxylation sites is 4. The van der Waals surface area contributed by atoms with E-state index in [0.29, 0.717) is 16.4 Å². The highest BCUT2D eigenvalue weighted by molar-refractivity contribution is 6.69. The van der Waals surface area contributed by atoms with E-state index in [1.807, 2.05) is 66.7 Å². The number of benzene rings is 14. The molecule has 1 aliphatic heterocycles. The zero-order chi connectivity index (χ0) is 61.8. The Morgan fingerprint density at radius 2 is 0.641 bits per heavy atom.